The Morgan fingerprint density at radius 1 is 1.18 bits per heavy atom. The molecule has 0 saturated carbocycles. The zero-order valence-electron chi connectivity index (χ0n) is 10.8. The molecule has 0 bridgehead atoms. The van der Waals surface area contributed by atoms with Gasteiger partial charge in [0.2, 0.25) is 0 Å². The number of pyridine rings is 1. The third-order valence-corrected chi connectivity index (χ3v) is 3.35. The number of aryl methyl sites for hydroxylation is 1. The fourth-order valence-electron chi connectivity index (χ4n) is 2.14. The molecule has 2 nitrogen and oxygen atoms in total. The Morgan fingerprint density at radius 2 is 1.94 bits per heavy atom. The van der Waals surface area contributed by atoms with E-state index in [-0.39, 0.29) is 5.41 Å². The van der Waals surface area contributed by atoms with E-state index in [4.69, 9.17) is 5.73 Å². The van der Waals surface area contributed by atoms with Crippen LogP contribution in [0.5, 0.6) is 0 Å². The SMILES string of the molecule is Cc1ccc(CC(C)(C)CN)c2cnccc12. The fourth-order valence-corrected chi connectivity index (χ4v) is 2.14. The van der Waals surface area contributed by atoms with Gasteiger partial charge in [-0.25, -0.2) is 0 Å². The first-order chi connectivity index (χ1) is 8.03. The van der Waals surface area contributed by atoms with E-state index in [1.165, 1.54) is 21.9 Å². The Morgan fingerprint density at radius 3 is 2.65 bits per heavy atom. The van der Waals surface area contributed by atoms with Crippen LogP contribution in [0.3, 0.4) is 0 Å². The highest BCUT2D eigenvalue weighted by Gasteiger charge is 2.17. The average Bonchev–Trinajstić information content (AvgIpc) is 2.33. The van der Waals surface area contributed by atoms with E-state index in [2.05, 4.69) is 44.0 Å². The maximum atomic E-state index is 5.81. The first-order valence-electron chi connectivity index (χ1n) is 6.06. The van der Waals surface area contributed by atoms with E-state index < -0.39 is 0 Å². The highest BCUT2D eigenvalue weighted by Crippen LogP contribution is 2.27. The summed E-state index contributed by atoms with van der Waals surface area (Å²) in [5, 5.41) is 2.55. The van der Waals surface area contributed by atoms with Crippen molar-refractivity contribution in [3.63, 3.8) is 0 Å². The van der Waals surface area contributed by atoms with E-state index >= 15 is 0 Å². The van der Waals surface area contributed by atoms with Crippen molar-refractivity contribution >= 4 is 10.8 Å². The Labute approximate surface area is 103 Å². The molecule has 2 N–H and O–H groups in total. The molecule has 0 atom stereocenters. The Balaban J connectivity index is 2.52. The van der Waals surface area contributed by atoms with Crippen molar-refractivity contribution in [1.82, 2.24) is 4.98 Å². The van der Waals surface area contributed by atoms with Gasteiger partial charge in [-0.2, -0.15) is 0 Å². The molecule has 2 heteroatoms. The van der Waals surface area contributed by atoms with Gasteiger partial charge in [0.25, 0.3) is 0 Å². The summed E-state index contributed by atoms with van der Waals surface area (Å²) in [5.41, 5.74) is 8.59. The number of hydrogen-bond donors (Lipinski definition) is 1. The van der Waals surface area contributed by atoms with Crippen molar-refractivity contribution in [2.75, 3.05) is 6.54 Å². The molecular formula is C15H20N2. The van der Waals surface area contributed by atoms with Gasteiger partial charge in [-0.05, 0) is 47.9 Å². The van der Waals surface area contributed by atoms with E-state index in [1.807, 2.05) is 12.4 Å². The Hall–Kier alpha value is -1.41. The van der Waals surface area contributed by atoms with Crippen LogP contribution in [0, 0.1) is 12.3 Å². The third-order valence-electron chi connectivity index (χ3n) is 3.35. The summed E-state index contributed by atoms with van der Waals surface area (Å²) in [6.45, 7) is 7.24. The van der Waals surface area contributed by atoms with Crippen LogP contribution < -0.4 is 5.73 Å². The predicted octanol–water partition coefficient (Wildman–Crippen LogP) is 3.07. The van der Waals surface area contributed by atoms with Crippen LogP contribution in [-0.4, -0.2) is 11.5 Å². The Kier molecular flexibility index (Phi) is 3.16. The molecule has 1 aromatic heterocycles. The van der Waals surface area contributed by atoms with Gasteiger partial charge in [0.15, 0.2) is 0 Å². The summed E-state index contributed by atoms with van der Waals surface area (Å²) < 4.78 is 0. The lowest BCUT2D eigenvalue weighted by Gasteiger charge is -2.23. The fraction of sp³-hybridized carbons (Fsp3) is 0.400. The second-order valence-corrected chi connectivity index (χ2v) is 5.51. The van der Waals surface area contributed by atoms with Crippen molar-refractivity contribution < 1.29 is 0 Å². The number of nitrogens with zero attached hydrogens (tertiary/aromatic N) is 1. The standard InChI is InChI=1S/C15H20N2/c1-11-4-5-12(8-15(2,3)10-16)14-9-17-7-6-13(11)14/h4-7,9H,8,10,16H2,1-3H3. The predicted molar refractivity (Wildman–Crippen MR) is 73.0 cm³/mol. The molecule has 0 unspecified atom stereocenters. The molecule has 0 aliphatic rings. The minimum Gasteiger partial charge on any atom is -0.330 e. The van der Waals surface area contributed by atoms with Gasteiger partial charge in [-0.3, -0.25) is 4.98 Å². The molecule has 0 aliphatic heterocycles. The van der Waals surface area contributed by atoms with Crippen LogP contribution >= 0.6 is 0 Å². The maximum Gasteiger partial charge on any atom is 0.0349 e. The molecule has 0 amide bonds. The lowest BCUT2D eigenvalue weighted by atomic mass is 9.84. The number of fused-ring (bicyclic) bond motifs is 1. The molecule has 0 aliphatic carbocycles. The van der Waals surface area contributed by atoms with Gasteiger partial charge in [0, 0.05) is 17.8 Å². The number of nitrogens with two attached hydrogens (primary N) is 1. The highest BCUT2D eigenvalue weighted by molar-refractivity contribution is 5.87. The van der Waals surface area contributed by atoms with Crippen molar-refractivity contribution in [2.45, 2.75) is 27.2 Å². The topological polar surface area (TPSA) is 38.9 Å². The number of hydrogen-bond acceptors (Lipinski definition) is 2. The van der Waals surface area contributed by atoms with Gasteiger partial charge in [0.1, 0.15) is 0 Å². The van der Waals surface area contributed by atoms with Crippen molar-refractivity contribution in [2.24, 2.45) is 11.1 Å². The Bertz CT molecular complexity index is 529. The lowest BCUT2D eigenvalue weighted by molar-refractivity contribution is 0.378. The molecular weight excluding hydrogens is 208 g/mol. The van der Waals surface area contributed by atoms with Gasteiger partial charge in [0.05, 0.1) is 0 Å². The number of benzene rings is 1. The van der Waals surface area contributed by atoms with Crippen LogP contribution in [-0.2, 0) is 6.42 Å². The first kappa shape index (κ1) is 12.1. The molecule has 90 valence electrons. The first-order valence-corrected chi connectivity index (χ1v) is 6.06. The average molecular weight is 228 g/mol. The molecule has 17 heavy (non-hydrogen) atoms. The van der Waals surface area contributed by atoms with Gasteiger partial charge in [-0.1, -0.05) is 26.0 Å². The summed E-state index contributed by atoms with van der Waals surface area (Å²) in [6.07, 6.45) is 4.81. The van der Waals surface area contributed by atoms with Gasteiger partial charge < -0.3 is 5.73 Å². The van der Waals surface area contributed by atoms with E-state index in [0.717, 1.165) is 6.42 Å². The largest absolute Gasteiger partial charge is 0.330 e. The molecule has 0 fully saturated rings. The number of rotatable bonds is 3. The highest BCUT2D eigenvalue weighted by atomic mass is 14.6. The van der Waals surface area contributed by atoms with Crippen molar-refractivity contribution in [3.8, 4) is 0 Å². The van der Waals surface area contributed by atoms with Crippen LogP contribution in [0.2, 0.25) is 0 Å². The molecule has 1 aromatic carbocycles. The van der Waals surface area contributed by atoms with E-state index in [9.17, 15) is 0 Å². The van der Waals surface area contributed by atoms with Crippen molar-refractivity contribution in [3.05, 3.63) is 41.7 Å². The summed E-state index contributed by atoms with van der Waals surface area (Å²) in [7, 11) is 0. The second kappa shape index (κ2) is 4.46. The van der Waals surface area contributed by atoms with Gasteiger partial charge >= 0.3 is 0 Å². The van der Waals surface area contributed by atoms with E-state index in [1.54, 1.807) is 0 Å². The molecule has 0 saturated heterocycles. The molecule has 2 rings (SSSR count). The lowest BCUT2D eigenvalue weighted by Crippen LogP contribution is -2.26. The van der Waals surface area contributed by atoms with Crippen molar-refractivity contribution in [1.29, 1.82) is 0 Å². The zero-order valence-corrected chi connectivity index (χ0v) is 10.8. The minimum absolute atomic E-state index is 0.137. The monoisotopic (exact) mass is 228 g/mol. The summed E-state index contributed by atoms with van der Waals surface area (Å²) in [6, 6.07) is 6.48. The minimum atomic E-state index is 0.137. The third kappa shape index (κ3) is 2.47. The molecule has 0 spiro atoms. The van der Waals surface area contributed by atoms with Crippen LogP contribution in [0.4, 0.5) is 0 Å². The van der Waals surface area contributed by atoms with Crippen LogP contribution in [0.1, 0.15) is 25.0 Å². The summed E-state index contributed by atoms with van der Waals surface area (Å²) >= 11 is 0. The zero-order chi connectivity index (χ0) is 12.5. The van der Waals surface area contributed by atoms with Crippen LogP contribution in [0.25, 0.3) is 10.8 Å². The van der Waals surface area contributed by atoms with Gasteiger partial charge in [-0.15, -0.1) is 0 Å². The maximum absolute atomic E-state index is 5.81. The van der Waals surface area contributed by atoms with Crippen LogP contribution in [0.15, 0.2) is 30.6 Å². The molecule has 2 aromatic rings. The summed E-state index contributed by atoms with van der Waals surface area (Å²) in [4.78, 5) is 4.24. The molecule has 0 radical (unpaired) electrons. The second-order valence-electron chi connectivity index (χ2n) is 5.51. The summed E-state index contributed by atoms with van der Waals surface area (Å²) in [5.74, 6) is 0. The van der Waals surface area contributed by atoms with E-state index in [0.29, 0.717) is 6.54 Å². The quantitative estimate of drug-likeness (QED) is 0.876. The number of aromatic nitrogens is 1. The normalized spacial score (nSPS) is 12.0. The smallest absolute Gasteiger partial charge is 0.0349 e. The molecule has 1 heterocycles.